The zero-order chi connectivity index (χ0) is 11.1. The topological polar surface area (TPSA) is 47.6 Å². The Bertz CT molecular complexity index is 190. The van der Waals surface area contributed by atoms with Gasteiger partial charge in [-0.15, -0.1) is 0 Å². The Balaban J connectivity index is 2.16. The maximum absolute atomic E-state index is 11.3. The van der Waals surface area contributed by atoms with E-state index in [9.17, 15) is 4.79 Å². The van der Waals surface area contributed by atoms with Gasteiger partial charge in [0.2, 0.25) is 0 Å². The van der Waals surface area contributed by atoms with Crippen molar-refractivity contribution in [1.29, 1.82) is 0 Å². The van der Waals surface area contributed by atoms with Crippen LogP contribution in [0.1, 0.15) is 46.0 Å². The van der Waals surface area contributed by atoms with Crippen molar-refractivity contribution in [3.05, 3.63) is 0 Å². The normalized spacial score (nSPS) is 23.2. The van der Waals surface area contributed by atoms with Gasteiger partial charge in [0.05, 0.1) is 0 Å². The van der Waals surface area contributed by atoms with Crippen molar-refractivity contribution in [2.75, 3.05) is 6.54 Å². The Kier molecular flexibility index (Phi) is 5.47. The lowest BCUT2D eigenvalue weighted by molar-refractivity contribution is -0.0159. The van der Waals surface area contributed by atoms with E-state index >= 15 is 0 Å². The molecule has 1 N–H and O–H groups in total. The van der Waals surface area contributed by atoms with Gasteiger partial charge in [-0.1, -0.05) is 13.3 Å². The molecule has 4 nitrogen and oxygen atoms in total. The van der Waals surface area contributed by atoms with Crippen LogP contribution in [0.4, 0.5) is 4.79 Å². The molecule has 0 aliphatic carbocycles. The first-order chi connectivity index (χ1) is 7.22. The molecule has 0 aromatic heterocycles. The standard InChI is InChI=1S/C11H21NO3/c1-3-6-9(2)14-11(13)15-10-7-4-5-8-12-10/h9-10,12H,3-8H2,1-2H3. The lowest BCUT2D eigenvalue weighted by atomic mass is 10.1. The summed E-state index contributed by atoms with van der Waals surface area (Å²) < 4.78 is 10.2. The molecule has 1 saturated heterocycles. The van der Waals surface area contributed by atoms with Gasteiger partial charge >= 0.3 is 6.16 Å². The molecule has 2 atom stereocenters. The molecular weight excluding hydrogens is 194 g/mol. The summed E-state index contributed by atoms with van der Waals surface area (Å²) in [6.45, 7) is 4.87. The van der Waals surface area contributed by atoms with Crippen LogP contribution in [0.3, 0.4) is 0 Å². The van der Waals surface area contributed by atoms with E-state index in [0.717, 1.165) is 38.6 Å². The van der Waals surface area contributed by atoms with Crippen molar-refractivity contribution in [2.45, 2.75) is 58.3 Å². The SMILES string of the molecule is CCCC(C)OC(=O)OC1CCCCN1. The van der Waals surface area contributed by atoms with Gasteiger partial charge < -0.3 is 9.47 Å². The first kappa shape index (κ1) is 12.3. The molecule has 0 amide bonds. The van der Waals surface area contributed by atoms with Crippen molar-refractivity contribution in [2.24, 2.45) is 0 Å². The summed E-state index contributed by atoms with van der Waals surface area (Å²) in [5.74, 6) is 0. The molecule has 4 heteroatoms. The monoisotopic (exact) mass is 215 g/mol. The first-order valence-corrected chi connectivity index (χ1v) is 5.83. The van der Waals surface area contributed by atoms with Gasteiger partial charge in [-0.05, 0) is 39.2 Å². The zero-order valence-electron chi connectivity index (χ0n) is 9.62. The van der Waals surface area contributed by atoms with Gasteiger partial charge in [0.1, 0.15) is 6.10 Å². The molecule has 0 aromatic rings. The van der Waals surface area contributed by atoms with Gasteiger partial charge in [-0.2, -0.15) is 0 Å². The molecule has 1 aliphatic rings. The molecule has 1 aliphatic heterocycles. The fourth-order valence-electron chi connectivity index (χ4n) is 1.69. The molecule has 2 unspecified atom stereocenters. The fraction of sp³-hybridized carbons (Fsp3) is 0.909. The van der Waals surface area contributed by atoms with Crippen LogP contribution in [-0.4, -0.2) is 25.0 Å². The highest BCUT2D eigenvalue weighted by atomic mass is 16.7. The maximum Gasteiger partial charge on any atom is 0.510 e. The molecule has 0 bridgehead atoms. The van der Waals surface area contributed by atoms with Crippen LogP contribution in [0.2, 0.25) is 0 Å². The number of carbonyl (C=O) groups excluding carboxylic acids is 1. The van der Waals surface area contributed by atoms with Crippen LogP contribution in [0.15, 0.2) is 0 Å². The van der Waals surface area contributed by atoms with Crippen LogP contribution in [0.25, 0.3) is 0 Å². The smallest absolute Gasteiger partial charge is 0.431 e. The number of hydrogen-bond acceptors (Lipinski definition) is 4. The van der Waals surface area contributed by atoms with Crippen LogP contribution in [0.5, 0.6) is 0 Å². The number of carbonyl (C=O) groups is 1. The second kappa shape index (κ2) is 6.67. The lowest BCUT2D eigenvalue weighted by Crippen LogP contribution is -2.38. The average Bonchev–Trinajstić information content (AvgIpc) is 2.19. The first-order valence-electron chi connectivity index (χ1n) is 5.83. The highest BCUT2D eigenvalue weighted by Gasteiger charge is 2.18. The van der Waals surface area contributed by atoms with Crippen molar-refractivity contribution in [3.63, 3.8) is 0 Å². The average molecular weight is 215 g/mol. The Morgan fingerprint density at radius 1 is 1.53 bits per heavy atom. The Morgan fingerprint density at radius 3 is 2.93 bits per heavy atom. The van der Waals surface area contributed by atoms with Crippen LogP contribution < -0.4 is 5.32 Å². The summed E-state index contributed by atoms with van der Waals surface area (Å²) in [4.78, 5) is 11.3. The van der Waals surface area contributed by atoms with Crippen molar-refractivity contribution in [3.8, 4) is 0 Å². The quantitative estimate of drug-likeness (QED) is 0.732. The highest BCUT2D eigenvalue weighted by Crippen LogP contribution is 2.10. The van der Waals surface area contributed by atoms with E-state index in [-0.39, 0.29) is 12.3 Å². The molecule has 0 radical (unpaired) electrons. The molecular formula is C11H21NO3. The third-order valence-electron chi connectivity index (χ3n) is 2.50. The van der Waals surface area contributed by atoms with Crippen LogP contribution >= 0.6 is 0 Å². The number of ether oxygens (including phenoxy) is 2. The largest absolute Gasteiger partial charge is 0.510 e. The molecule has 0 saturated carbocycles. The van der Waals surface area contributed by atoms with E-state index in [1.54, 1.807) is 0 Å². The van der Waals surface area contributed by atoms with E-state index in [4.69, 9.17) is 9.47 Å². The highest BCUT2D eigenvalue weighted by molar-refractivity contribution is 5.60. The summed E-state index contributed by atoms with van der Waals surface area (Å²) in [5, 5.41) is 3.13. The number of piperidine rings is 1. The molecule has 0 spiro atoms. The van der Waals surface area contributed by atoms with Crippen molar-refractivity contribution >= 4 is 6.16 Å². The molecule has 1 fully saturated rings. The summed E-state index contributed by atoms with van der Waals surface area (Å²) in [6.07, 6.45) is 4.29. The third kappa shape index (κ3) is 5.02. The Labute approximate surface area is 91.3 Å². The van der Waals surface area contributed by atoms with E-state index in [1.165, 1.54) is 0 Å². The predicted molar refractivity (Wildman–Crippen MR) is 57.6 cm³/mol. The van der Waals surface area contributed by atoms with E-state index < -0.39 is 6.16 Å². The second-order valence-corrected chi connectivity index (χ2v) is 4.02. The van der Waals surface area contributed by atoms with E-state index in [1.807, 2.05) is 6.92 Å². The summed E-state index contributed by atoms with van der Waals surface area (Å²) in [7, 11) is 0. The number of hydrogen-bond donors (Lipinski definition) is 1. The molecule has 1 rings (SSSR count). The van der Waals surface area contributed by atoms with Crippen molar-refractivity contribution in [1.82, 2.24) is 5.32 Å². The van der Waals surface area contributed by atoms with Gasteiger partial charge in [0, 0.05) is 0 Å². The summed E-state index contributed by atoms with van der Waals surface area (Å²) in [6, 6.07) is 0. The minimum atomic E-state index is -0.546. The van der Waals surface area contributed by atoms with Crippen LogP contribution in [0, 0.1) is 0 Å². The maximum atomic E-state index is 11.3. The van der Waals surface area contributed by atoms with Gasteiger partial charge in [0.25, 0.3) is 0 Å². The molecule has 88 valence electrons. The van der Waals surface area contributed by atoms with Gasteiger partial charge in [0.15, 0.2) is 6.23 Å². The Hall–Kier alpha value is -0.770. The van der Waals surface area contributed by atoms with Crippen LogP contribution in [-0.2, 0) is 9.47 Å². The summed E-state index contributed by atoms with van der Waals surface area (Å²) in [5.41, 5.74) is 0. The molecule has 1 heterocycles. The van der Waals surface area contributed by atoms with Gasteiger partial charge in [-0.25, -0.2) is 4.79 Å². The molecule has 15 heavy (non-hydrogen) atoms. The Morgan fingerprint density at radius 2 is 2.33 bits per heavy atom. The fourth-order valence-corrected chi connectivity index (χ4v) is 1.69. The third-order valence-corrected chi connectivity index (χ3v) is 2.50. The zero-order valence-corrected chi connectivity index (χ0v) is 9.62. The molecule has 0 aromatic carbocycles. The predicted octanol–water partition coefficient (Wildman–Crippen LogP) is 2.43. The number of rotatable bonds is 4. The number of nitrogens with one attached hydrogen (secondary N) is 1. The minimum absolute atomic E-state index is 0.0499. The van der Waals surface area contributed by atoms with Gasteiger partial charge in [-0.3, -0.25) is 5.32 Å². The summed E-state index contributed by atoms with van der Waals surface area (Å²) >= 11 is 0. The second-order valence-electron chi connectivity index (χ2n) is 4.02. The lowest BCUT2D eigenvalue weighted by Gasteiger charge is -2.23. The minimum Gasteiger partial charge on any atom is -0.431 e. The van der Waals surface area contributed by atoms with E-state index in [2.05, 4.69) is 12.2 Å². The van der Waals surface area contributed by atoms with Crippen molar-refractivity contribution < 1.29 is 14.3 Å². The van der Waals surface area contributed by atoms with E-state index in [0.29, 0.717) is 0 Å².